The van der Waals surface area contributed by atoms with Gasteiger partial charge in [-0.05, 0) is 19.8 Å². The van der Waals surface area contributed by atoms with E-state index >= 15 is 0 Å². The number of hydrogen-bond acceptors (Lipinski definition) is 2. The van der Waals surface area contributed by atoms with Crippen molar-refractivity contribution in [3.05, 3.63) is 11.0 Å². The van der Waals surface area contributed by atoms with E-state index in [2.05, 4.69) is 24.3 Å². The molecule has 0 aromatic heterocycles. The van der Waals surface area contributed by atoms with Gasteiger partial charge in [-0.1, -0.05) is 19.9 Å². The Morgan fingerprint density at radius 3 is 2.36 bits per heavy atom. The molecule has 2 N–H and O–H groups in total. The van der Waals surface area contributed by atoms with Gasteiger partial charge in [0, 0.05) is 16.9 Å². The van der Waals surface area contributed by atoms with Crippen LogP contribution in [0.2, 0.25) is 0 Å². The lowest BCUT2D eigenvalue weighted by Gasteiger charge is -2.05. The lowest BCUT2D eigenvalue weighted by molar-refractivity contribution is 0.815. The number of nitrogens with zero attached hydrogens (tertiary/aromatic N) is 1. The molecule has 0 unspecified atom stereocenters. The van der Waals surface area contributed by atoms with Crippen molar-refractivity contribution >= 4 is 17.8 Å². The Bertz CT molecular complexity index is 167. The van der Waals surface area contributed by atoms with Crippen molar-refractivity contribution in [1.29, 1.82) is 0 Å². The normalized spacial score (nSPS) is 14.3. The van der Waals surface area contributed by atoms with E-state index in [1.807, 2.05) is 6.92 Å². The molecule has 0 atom stereocenters. The maximum Gasteiger partial charge on any atom is 0.105 e. The highest BCUT2D eigenvalue weighted by Gasteiger charge is 2.00. The summed E-state index contributed by atoms with van der Waals surface area (Å²) >= 11 is 1.46. The van der Waals surface area contributed by atoms with Crippen LogP contribution in [-0.2, 0) is 0 Å². The van der Waals surface area contributed by atoms with Crippen molar-refractivity contribution in [2.75, 3.05) is 0 Å². The summed E-state index contributed by atoms with van der Waals surface area (Å²) in [5.74, 6) is 1.16. The van der Waals surface area contributed by atoms with Crippen molar-refractivity contribution in [2.24, 2.45) is 16.0 Å². The smallest absolute Gasteiger partial charge is 0.105 e. The van der Waals surface area contributed by atoms with Crippen LogP contribution in [0.4, 0.5) is 0 Å². The third-order valence-corrected chi connectivity index (χ3v) is 2.45. The van der Waals surface area contributed by atoms with Gasteiger partial charge in [-0.25, -0.2) is 0 Å². The van der Waals surface area contributed by atoms with Gasteiger partial charge in [0.1, 0.15) is 5.84 Å². The molecule has 11 heavy (non-hydrogen) atoms. The summed E-state index contributed by atoms with van der Waals surface area (Å²) in [6.45, 7) is 8.09. The fourth-order valence-corrected chi connectivity index (χ4v) is 1.18. The van der Waals surface area contributed by atoms with Gasteiger partial charge >= 0.3 is 0 Å². The van der Waals surface area contributed by atoms with E-state index in [-0.39, 0.29) is 0 Å². The molecule has 0 heterocycles. The SMILES string of the molecule is C/C=C(\SN=C(C)N)C(C)C. The monoisotopic (exact) mass is 172 g/mol. The van der Waals surface area contributed by atoms with Crippen LogP contribution in [0.3, 0.4) is 0 Å². The summed E-state index contributed by atoms with van der Waals surface area (Å²) in [7, 11) is 0. The van der Waals surface area contributed by atoms with Gasteiger partial charge in [-0.3, -0.25) is 0 Å². The van der Waals surface area contributed by atoms with Crippen molar-refractivity contribution in [2.45, 2.75) is 27.7 Å². The van der Waals surface area contributed by atoms with Crippen LogP contribution in [0.25, 0.3) is 0 Å². The molecule has 0 saturated heterocycles. The quantitative estimate of drug-likeness (QED) is 0.403. The molecule has 0 saturated carbocycles. The largest absolute Gasteiger partial charge is 0.387 e. The highest BCUT2D eigenvalue weighted by atomic mass is 32.2. The fourth-order valence-electron chi connectivity index (χ4n) is 0.616. The van der Waals surface area contributed by atoms with Crippen LogP contribution in [0.1, 0.15) is 27.7 Å². The minimum atomic E-state index is 0.535. The molecule has 0 aliphatic carbocycles. The molecular formula is C8H16N2S. The Labute approximate surface area is 73.1 Å². The second kappa shape index (κ2) is 5.24. The number of amidine groups is 1. The van der Waals surface area contributed by atoms with Gasteiger partial charge in [0.05, 0.1) is 0 Å². The van der Waals surface area contributed by atoms with Crippen LogP contribution in [0.5, 0.6) is 0 Å². The van der Waals surface area contributed by atoms with Crippen LogP contribution < -0.4 is 5.73 Å². The Morgan fingerprint density at radius 1 is 1.55 bits per heavy atom. The molecular weight excluding hydrogens is 156 g/mol. The van der Waals surface area contributed by atoms with Crippen molar-refractivity contribution in [3.63, 3.8) is 0 Å². The van der Waals surface area contributed by atoms with E-state index in [4.69, 9.17) is 5.73 Å². The van der Waals surface area contributed by atoms with Gasteiger partial charge in [-0.15, -0.1) is 0 Å². The molecule has 0 fully saturated rings. The Hall–Kier alpha value is -0.440. The predicted molar refractivity (Wildman–Crippen MR) is 53.5 cm³/mol. The van der Waals surface area contributed by atoms with Crippen LogP contribution in [0.15, 0.2) is 15.4 Å². The minimum Gasteiger partial charge on any atom is -0.387 e. The molecule has 0 aromatic rings. The van der Waals surface area contributed by atoms with E-state index in [0.29, 0.717) is 11.8 Å². The first kappa shape index (κ1) is 10.6. The molecule has 0 aromatic carbocycles. The van der Waals surface area contributed by atoms with Gasteiger partial charge in [0.15, 0.2) is 0 Å². The maximum absolute atomic E-state index is 5.40. The van der Waals surface area contributed by atoms with Gasteiger partial charge in [-0.2, -0.15) is 4.40 Å². The summed E-state index contributed by atoms with van der Waals surface area (Å²) in [4.78, 5) is 1.26. The first-order chi connectivity index (χ1) is 5.07. The fraction of sp³-hybridized carbons (Fsp3) is 0.625. The van der Waals surface area contributed by atoms with Crippen molar-refractivity contribution < 1.29 is 0 Å². The molecule has 0 spiro atoms. The molecule has 2 nitrogen and oxygen atoms in total. The van der Waals surface area contributed by atoms with Gasteiger partial charge in [0.2, 0.25) is 0 Å². The summed E-state index contributed by atoms with van der Waals surface area (Å²) < 4.78 is 4.06. The average Bonchev–Trinajstić information content (AvgIpc) is 1.87. The summed E-state index contributed by atoms with van der Waals surface area (Å²) in [5.41, 5.74) is 5.40. The number of nitrogens with two attached hydrogens (primary N) is 1. The van der Waals surface area contributed by atoms with Crippen molar-refractivity contribution in [1.82, 2.24) is 0 Å². The lowest BCUT2D eigenvalue weighted by Crippen LogP contribution is -2.03. The third kappa shape index (κ3) is 4.90. The number of allylic oxidation sites excluding steroid dienone is 2. The van der Waals surface area contributed by atoms with Gasteiger partial charge in [0.25, 0.3) is 0 Å². The Morgan fingerprint density at radius 2 is 2.09 bits per heavy atom. The second-order valence-corrected chi connectivity index (χ2v) is 3.51. The minimum absolute atomic E-state index is 0.535. The number of rotatable bonds is 3. The van der Waals surface area contributed by atoms with E-state index in [1.54, 1.807) is 6.92 Å². The molecule has 0 aliphatic heterocycles. The molecule has 0 amide bonds. The molecule has 3 heteroatoms. The standard InChI is InChI=1S/C8H16N2S/c1-5-8(6(2)3)11-10-7(4)9/h5-6H,1-4H3,(H2,9,10)/b8-5-. The zero-order valence-corrected chi connectivity index (χ0v) is 8.40. The first-order valence-electron chi connectivity index (χ1n) is 3.71. The Kier molecular flexibility index (Phi) is 5.03. The second-order valence-electron chi connectivity index (χ2n) is 2.67. The van der Waals surface area contributed by atoms with E-state index in [1.165, 1.54) is 16.9 Å². The summed E-state index contributed by atoms with van der Waals surface area (Å²) in [6, 6.07) is 0. The van der Waals surface area contributed by atoms with E-state index in [0.717, 1.165) is 0 Å². The molecule has 0 rings (SSSR count). The third-order valence-electron chi connectivity index (χ3n) is 1.15. The van der Waals surface area contributed by atoms with Crippen LogP contribution >= 0.6 is 11.9 Å². The van der Waals surface area contributed by atoms with Crippen LogP contribution in [0, 0.1) is 5.92 Å². The van der Waals surface area contributed by atoms with Gasteiger partial charge < -0.3 is 5.73 Å². The summed E-state index contributed by atoms with van der Waals surface area (Å²) in [6.07, 6.45) is 2.07. The lowest BCUT2D eigenvalue weighted by atomic mass is 10.2. The summed E-state index contributed by atoms with van der Waals surface area (Å²) in [5, 5.41) is 0. The average molecular weight is 172 g/mol. The molecule has 64 valence electrons. The van der Waals surface area contributed by atoms with Crippen LogP contribution in [-0.4, -0.2) is 5.84 Å². The molecule has 0 aliphatic rings. The van der Waals surface area contributed by atoms with E-state index in [9.17, 15) is 0 Å². The molecule has 0 radical (unpaired) electrons. The highest BCUT2D eigenvalue weighted by molar-refractivity contribution is 8.02. The predicted octanol–water partition coefficient (Wildman–Crippen LogP) is 2.57. The zero-order chi connectivity index (χ0) is 8.85. The number of hydrogen-bond donors (Lipinski definition) is 1. The zero-order valence-electron chi connectivity index (χ0n) is 7.59. The highest BCUT2D eigenvalue weighted by Crippen LogP contribution is 2.24. The van der Waals surface area contributed by atoms with E-state index < -0.39 is 0 Å². The first-order valence-corrected chi connectivity index (χ1v) is 4.48. The van der Waals surface area contributed by atoms with Crippen molar-refractivity contribution in [3.8, 4) is 0 Å². The Balaban J connectivity index is 4.02. The molecule has 0 bridgehead atoms. The maximum atomic E-state index is 5.40. The topological polar surface area (TPSA) is 38.4 Å².